The zero-order valence-corrected chi connectivity index (χ0v) is 13.0. The van der Waals surface area contributed by atoms with Crippen molar-refractivity contribution in [1.29, 1.82) is 0 Å². The van der Waals surface area contributed by atoms with Gasteiger partial charge in [-0.3, -0.25) is 4.79 Å². The first-order valence-corrected chi connectivity index (χ1v) is 7.26. The number of rotatable bonds is 10. The van der Waals surface area contributed by atoms with Crippen LogP contribution in [0.25, 0.3) is 0 Å². The van der Waals surface area contributed by atoms with Gasteiger partial charge in [-0.25, -0.2) is 4.79 Å². The highest BCUT2D eigenvalue weighted by Gasteiger charge is 2.20. The molecule has 1 aromatic carbocycles. The van der Waals surface area contributed by atoms with Crippen molar-refractivity contribution in [2.45, 2.75) is 26.3 Å². The number of carboxylic acids is 1. The zero-order chi connectivity index (χ0) is 16.4. The normalized spacial score (nSPS) is 12.0. The van der Waals surface area contributed by atoms with Crippen LogP contribution < -0.4 is 10.1 Å². The van der Waals surface area contributed by atoms with E-state index < -0.39 is 17.9 Å². The maximum Gasteiger partial charge on any atom is 0.326 e. The van der Waals surface area contributed by atoms with Crippen LogP contribution in [0.4, 0.5) is 0 Å². The minimum absolute atomic E-state index is 0.181. The first kappa shape index (κ1) is 18.0. The van der Waals surface area contributed by atoms with E-state index in [0.717, 1.165) is 5.75 Å². The standard InChI is InChI=1S/C16H23NO5/c1-12(2)10-14(16(19)20)17-15(18)11-21-8-9-22-13-6-4-3-5-7-13/h3-7,12,14H,8-11H2,1-2H3,(H,17,18)(H,19,20)/t14-/m0/s1. The Morgan fingerprint density at radius 2 is 1.86 bits per heavy atom. The van der Waals surface area contributed by atoms with Crippen LogP contribution in [-0.2, 0) is 14.3 Å². The van der Waals surface area contributed by atoms with Gasteiger partial charge in [0.15, 0.2) is 0 Å². The Kier molecular flexibility index (Phi) is 7.99. The summed E-state index contributed by atoms with van der Waals surface area (Å²) in [5.41, 5.74) is 0. The third-order valence-corrected chi connectivity index (χ3v) is 2.81. The van der Waals surface area contributed by atoms with Crippen LogP contribution in [0.5, 0.6) is 5.75 Å². The van der Waals surface area contributed by atoms with Crippen LogP contribution in [0, 0.1) is 5.92 Å². The number of hydrogen-bond donors (Lipinski definition) is 2. The molecule has 0 radical (unpaired) electrons. The number of aliphatic carboxylic acids is 1. The number of benzene rings is 1. The lowest BCUT2D eigenvalue weighted by Gasteiger charge is -2.16. The van der Waals surface area contributed by atoms with Crippen molar-refractivity contribution in [1.82, 2.24) is 5.32 Å². The van der Waals surface area contributed by atoms with Gasteiger partial charge in [-0.15, -0.1) is 0 Å². The minimum Gasteiger partial charge on any atom is -0.491 e. The monoisotopic (exact) mass is 309 g/mol. The number of ether oxygens (including phenoxy) is 2. The summed E-state index contributed by atoms with van der Waals surface area (Å²) >= 11 is 0. The molecule has 22 heavy (non-hydrogen) atoms. The summed E-state index contributed by atoms with van der Waals surface area (Å²) in [6.07, 6.45) is 0.387. The third-order valence-electron chi connectivity index (χ3n) is 2.81. The van der Waals surface area contributed by atoms with Crippen molar-refractivity contribution in [3.63, 3.8) is 0 Å². The van der Waals surface area contributed by atoms with Gasteiger partial charge in [0.25, 0.3) is 0 Å². The maximum atomic E-state index is 11.6. The van der Waals surface area contributed by atoms with E-state index in [0.29, 0.717) is 13.0 Å². The molecule has 2 N–H and O–H groups in total. The molecule has 0 spiro atoms. The van der Waals surface area contributed by atoms with Crippen LogP contribution in [0.2, 0.25) is 0 Å². The summed E-state index contributed by atoms with van der Waals surface area (Å²) in [6.45, 7) is 4.20. The Morgan fingerprint density at radius 1 is 1.18 bits per heavy atom. The topological polar surface area (TPSA) is 84.9 Å². The SMILES string of the molecule is CC(C)C[C@H](NC(=O)COCCOc1ccccc1)C(=O)O. The van der Waals surface area contributed by atoms with Gasteiger partial charge in [0.05, 0.1) is 6.61 Å². The molecule has 6 nitrogen and oxygen atoms in total. The molecular formula is C16H23NO5. The van der Waals surface area contributed by atoms with E-state index in [4.69, 9.17) is 14.6 Å². The van der Waals surface area contributed by atoms with Crippen molar-refractivity contribution in [2.24, 2.45) is 5.92 Å². The molecule has 0 aliphatic heterocycles. The summed E-state index contributed by atoms with van der Waals surface area (Å²) in [5.74, 6) is -0.553. The van der Waals surface area contributed by atoms with Crippen molar-refractivity contribution >= 4 is 11.9 Å². The third kappa shape index (κ3) is 7.64. The minimum atomic E-state index is -1.03. The van der Waals surface area contributed by atoms with Gasteiger partial charge in [-0.05, 0) is 24.5 Å². The smallest absolute Gasteiger partial charge is 0.326 e. The van der Waals surface area contributed by atoms with Crippen LogP contribution in [0.3, 0.4) is 0 Å². The second-order valence-electron chi connectivity index (χ2n) is 5.30. The number of carbonyl (C=O) groups excluding carboxylic acids is 1. The van der Waals surface area contributed by atoms with E-state index in [1.807, 2.05) is 44.2 Å². The number of hydrogen-bond acceptors (Lipinski definition) is 4. The lowest BCUT2D eigenvalue weighted by Crippen LogP contribution is -2.43. The number of carboxylic acid groups (broad SMARTS) is 1. The second-order valence-corrected chi connectivity index (χ2v) is 5.30. The molecule has 0 unspecified atom stereocenters. The van der Waals surface area contributed by atoms with E-state index in [1.165, 1.54) is 0 Å². The molecule has 0 aliphatic rings. The number of carbonyl (C=O) groups is 2. The summed E-state index contributed by atoms with van der Waals surface area (Å²) in [6, 6.07) is 8.40. The van der Waals surface area contributed by atoms with Crippen molar-refractivity contribution < 1.29 is 24.2 Å². The van der Waals surface area contributed by atoms with Gasteiger partial charge >= 0.3 is 5.97 Å². The van der Waals surface area contributed by atoms with E-state index in [1.54, 1.807) is 0 Å². The number of amides is 1. The Labute approximate surface area is 130 Å². The average Bonchev–Trinajstić information content (AvgIpc) is 2.46. The zero-order valence-electron chi connectivity index (χ0n) is 13.0. The van der Waals surface area contributed by atoms with Crippen LogP contribution in [0.1, 0.15) is 20.3 Å². The van der Waals surface area contributed by atoms with Gasteiger partial charge < -0.3 is 19.9 Å². The molecule has 1 atom stereocenters. The molecule has 0 aliphatic carbocycles. The lowest BCUT2D eigenvalue weighted by molar-refractivity contribution is -0.143. The second kappa shape index (κ2) is 9.78. The summed E-state index contributed by atoms with van der Waals surface area (Å²) in [5, 5.41) is 11.5. The quantitative estimate of drug-likeness (QED) is 0.643. The van der Waals surface area contributed by atoms with E-state index >= 15 is 0 Å². The molecule has 0 heterocycles. The Morgan fingerprint density at radius 3 is 2.45 bits per heavy atom. The average molecular weight is 309 g/mol. The maximum absolute atomic E-state index is 11.6. The predicted molar refractivity (Wildman–Crippen MR) is 81.8 cm³/mol. The van der Waals surface area contributed by atoms with Crippen LogP contribution in [0.15, 0.2) is 30.3 Å². The fraction of sp³-hybridized carbons (Fsp3) is 0.500. The van der Waals surface area contributed by atoms with E-state index in [9.17, 15) is 9.59 Å². The van der Waals surface area contributed by atoms with Gasteiger partial charge in [0.2, 0.25) is 5.91 Å². The summed E-state index contributed by atoms with van der Waals surface area (Å²) in [7, 11) is 0. The van der Waals surface area contributed by atoms with Crippen LogP contribution >= 0.6 is 0 Å². The fourth-order valence-electron chi connectivity index (χ4n) is 1.83. The lowest BCUT2D eigenvalue weighted by atomic mass is 10.0. The van der Waals surface area contributed by atoms with Crippen molar-refractivity contribution in [2.75, 3.05) is 19.8 Å². The Bertz CT molecular complexity index is 461. The Hall–Kier alpha value is -2.08. The number of nitrogens with one attached hydrogen (secondary N) is 1. The largest absolute Gasteiger partial charge is 0.491 e. The first-order valence-electron chi connectivity index (χ1n) is 7.26. The van der Waals surface area contributed by atoms with Gasteiger partial charge in [0, 0.05) is 0 Å². The van der Waals surface area contributed by atoms with Gasteiger partial charge in [-0.2, -0.15) is 0 Å². The highest BCUT2D eigenvalue weighted by molar-refractivity contribution is 5.84. The number of para-hydroxylation sites is 1. The summed E-state index contributed by atoms with van der Waals surface area (Å²) < 4.78 is 10.6. The molecule has 0 bridgehead atoms. The van der Waals surface area contributed by atoms with Gasteiger partial charge in [-0.1, -0.05) is 32.0 Å². The molecule has 0 aromatic heterocycles. The molecule has 1 rings (SSSR count). The highest BCUT2D eigenvalue weighted by atomic mass is 16.5. The highest BCUT2D eigenvalue weighted by Crippen LogP contribution is 2.07. The first-order chi connectivity index (χ1) is 10.5. The summed E-state index contributed by atoms with van der Waals surface area (Å²) in [4.78, 5) is 22.7. The molecule has 122 valence electrons. The molecule has 0 saturated heterocycles. The molecule has 1 aromatic rings. The van der Waals surface area contributed by atoms with Crippen molar-refractivity contribution in [3.05, 3.63) is 30.3 Å². The molecule has 6 heteroatoms. The van der Waals surface area contributed by atoms with Crippen LogP contribution in [-0.4, -0.2) is 42.8 Å². The van der Waals surface area contributed by atoms with Crippen molar-refractivity contribution in [3.8, 4) is 5.75 Å². The molecule has 0 fully saturated rings. The Balaban J connectivity index is 2.18. The molecule has 0 saturated carbocycles. The molecular weight excluding hydrogens is 286 g/mol. The predicted octanol–water partition coefficient (Wildman–Crippen LogP) is 1.70. The fourth-order valence-corrected chi connectivity index (χ4v) is 1.83. The molecule has 1 amide bonds. The van der Waals surface area contributed by atoms with E-state index in [2.05, 4.69) is 5.32 Å². The van der Waals surface area contributed by atoms with E-state index in [-0.39, 0.29) is 19.1 Å². The van der Waals surface area contributed by atoms with Gasteiger partial charge in [0.1, 0.15) is 25.0 Å².